The zero-order valence-electron chi connectivity index (χ0n) is 22.6. The topological polar surface area (TPSA) is 96.3 Å². The highest BCUT2D eigenvalue weighted by Gasteiger charge is 2.26. The van der Waals surface area contributed by atoms with Crippen molar-refractivity contribution in [1.29, 1.82) is 0 Å². The van der Waals surface area contributed by atoms with Crippen LogP contribution in [0.25, 0.3) is 55.8 Å². The lowest BCUT2D eigenvalue weighted by Crippen LogP contribution is -2.25. The van der Waals surface area contributed by atoms with Crippen molar-refractivity contribution in [1.82, 2.24) is 9.97 Å². The summed E-state index contributed by atoms with van der Waals surface area (Å²) < 4.78 is 46.4. The lowest BCUT2D eigenvalue weighted by atomic mass is 9.98. The van der Waals surface area contributed by atoms with Crippen molar-refractivity contribution in [3.05, 3.63) is 96.3 Å². The number of aromatic amines is 1. The zero-order chi connectivity index (χ0) is 28.9. The van der Waals surface area contributed by atoms with Gasteiger partial charge in [0.15, 0.2) is 5.78 Å². The highest BCUT2D eigenvalue weighted by molar-refractivity contribution is 7.92. The molecule has 0 aliphatic rings. The monoisotopic (exact) mass is 567 g/mol. The molecule has 0 radical (unpaired) electrons. The van der Waals surface area contributed by atoms with Gasteiger partial charge in [0.2, 0.25) is 10.0 Å². The number of carbonyl (C=O) groups is 1. The Bertz CT molecular complexity index is 2030. The molecule has 0 atom stereocenters. The number of furan rings is 1. The fourth-order valence-corrected chi connectivity index (χ4v) is 5.49. The number of fused-ring (bicyclic) bond motifs is 2. The molecule has 0 bridgehead atoms. The van der Waals surface area contributed by atoms with Crippen molar-refractivity contribution in [3.8, 4) is 34.0 Å². The molecule has 3 aromatic carbocycles. The van der Waals surface area contributed by atoms with Crippen LogP contribution >= 0.6 is 0 Å². The number of sulfonamides is 1. The van der Waals surface area contributed by atoms with Crippen LogP contribution in [0.4, 0.5) is 10.1 Å². The Morgan fingerprint density at radius 2 is 1.71 bits per heavy atom. The standard InChI is InChI=1S/C32H26FN3O4S/c1-4-29(37)31-23-17-22(25-10-7-11-26(35-25)27-16-20-8-5-6-9-24(20)34-27)28(36(2)41(3,38)39)18-30(23)40-32(31)19-12-14-21(33)15-13-19/h5-18,34H,4H2,1-3H3. The lowest BCUT2D eigenvalue weighted by Gasteiger charge is -2.20. The first-order chi connectivity index (χ1) is 19.6. The van der Waals surface area contributed by atoms with Crippen molar-refractivity contribution < 1.29 is 22.0 Å². The van der Waals surface area contributed by atoms with Gasteiger partial charge in [-0.2, -0.15) is 0 Å². The van der Waals surface area contributed by atoms with Gasteiger partial charge >= 0.3 is 0 Å². The van der Waals surface area contributed by atoms with Gasteiger partial charge in [0.1, 0.15) is 17.2 Å². The molecule has 0 saturated carbocycles. The maximum absolute atomic E-state index is 13.7. The van der Waals surface area contributed by atoms with E-state index in [0.29, 0.717) is 50.5 Å². The van der Waals surface area contributed by atoms with Crippen molar-refractivity contribution in [2.24, 2.45) is 0 Å². The SMILES string of the molecule is CCC(=O)c1c(-c2ccc(F)cc2)oc2cc(N(C)S(C)(=O)=O)c(-c3cccc(-c4cc5ccccc5[nH]4)n3)cc12. The number of hydrogen-bond donors (Lipinski definition) is 1. The van der Waals surface area contributed by atoms with E-state index in [1.807, 2.05) is 42.5 Å². The highest BCUT2D eigenvalue weighted by atomic mass is 32.2. The minimum absolute atomic E-state index is 0.155. The number of ketones is 1. The molecule has 9 heteroatoms. The molecule has 3 aromatic heterocycles. The van der Waals surface area contributed by atoms with Crippen LogP contribution in [0.15, 0.2) is 89.3 Å². The van der Waals surface area contributed by atoms with Crippen molar-refractivity contribution in [2.45, 2.75) is 13.3 Å². The average Bonchev–Trinajstić information content (AvgIpc) is 3.57. The van der Waals surface area contributed by atoms with Gasteiger partial charge < -0.3 is 9.40 Å². The van der Waals surface area contributed by atoms with E-state index < -0.39 is 15.8 Å². The molecule has 3 heterocycles. The van der Waals surface area contributed by atoms with E-state index in [-0.39, 0.29) is 12.2 Å². The molecule has 0 saturated heterocycles. The number of rotatable bonds is 7. The summed E-state index contributed by atoms with van der Waals surface area (Å²) in [6, 6.07) is 24.5. The summed E-state index contributed by atoms with van der Waals surface area (Å²) in [6.45, 7) is 1.76. The molecule has 206 valence electrons. The number of carbonyl (C=O) groups excluding carboxylic acids is 1. The molecule has 1 N–H and O–H groups in total. The van der Waals surface area contributed by atoms with Crippen molar-refractivity contribution in [3.63, 3.8) is 0 Å². The summed E-state index contributed by atoms with van der Waals surface area (Å²) in [6.07, 6.45) is 1.34. The molecule has 0 aliphatic carbocycles. The van der Waals surface area contributed by atoms with E-state index in [0.717, 1.165) is 22.9 Å². The van der Waals surface area contributed by atoms with Crippen LogP contribution in [0.3, 0.4) is 0 Å². The molecule has 41 heavy (non-hydrogen) atoms. The Labute approximate surface area is 236 Å². The predicted octanol–water partition coefficient (Wildman–Crippen LogP) is 7.44. The van der Waals surface area contributed by atoms with Gasteiger partial charge in [0.05, 0.1) is 34.6 Å². The first-order valence-electron chi connectivity index (χ1n) is 13.0. The molecular formula is C32H26FN3O4S. The second-order valence-electron chi connectivity index (χ2n) is 9.86. The Hall–Kier alpha value is -4.76. The summed E-state index contributed by atoms with van der Waals surface area (Å²) >= 11 is 0. The summed E-state index contributed by atoms with van der Waals surface area (Å²) in [4.78, 5) is 21.5. The van der Waals surface area contributed by atoms with E-state index >= 15 is 0 Å². The van der Waals surface area contributed by atoms with Gasteiger partial charge in [-0.1, -0.05) is 31.2 Å². The predicted molar refractivity (Wildman–Crippen MR) is 160 cm³/mol. The fraction of sp³-hybridized carbons (Fsp3) is 0.125. The maximum atomic E-state index is 13.7. The number of aromatic nitrogens is 2. The first-order valence-corrected chi connectivity index (χ1v) is 14.9. The van der Waals surface area contributed by atoms with Crippen LogP contribution in [-0.4, -0.2) is 37.5 Å². The normalized spacial score (nSPS) is 11.8. The number of Topliss-reactive ketones (excluding diaryl/α,β-unsaturated/α-hetero) is 1. The molecule has 6 aromatic rings. The molecule has 6 rings (SSSR count). The van der Waals surface area contributed by atoms with Crippen molar-refractivity contribution in [2.75, 3.05) is 17.6 Å². The highest BCUT2D eigenvalue weighted by Crippen LogP contribution is 2.41. The Morgan fingerprint density at radius 3 is 2.41 bits per heavy atom. The Morgan fingerprint density at radius 1 is 0.976 bits per heavy atom. The number of nitrogens with one attached hydrogen (secondary N) is 1. The van der Waals surface area contributed by atoms with E-state index in [4.69, 9.17) is 9.40 Å². The van der Waals surface area contributed by atoms with Gasteiger partial charge in [-0.05, 0) is 54.6 Å². The summed E-state index contributed by atoms with van der Waals surface area (Å²) in [5.74, 6) is -0.261. The quantitative estimate of drug-likeness (QED) is 0.202. The van der Waals surface area contributed by atoms with Crippen molar-refractivity contribution >= 4 is 43.4 Å². The molecular weight excluding hydrogens is 541 g/mol. The average molecular weight is 568 g/mol. The van der Waals surface area contributed by atoms with Gasteiger partial charge in [-0.15, -0.1) is 0 Å². The van der Waals surface area contributed by atoms with E-state index in [2.05, 4.69) is 4.98 Å². The minimum atomic E-state index is -3.67. The smallest absolute Gasteiger partial charge is 0.232 e. The summed E-state index contributed by atoms with van der Waals surface area (Å²) in [7, 11) is -2.20. The van der Waals surface area contributed by atoms with Crippen LogP contribution in [0.1, 0.15) is 23.7 Å². The van der Waals surface area contributed by atoms with Crippen LogP contribution in [0.5, 0.6) is 0 Å². The zero-order valence-corrected chi connectivity index (χ0v) is 23.4. The second-order valence-corrected chi connectivity index (χ2v) is 11.9. The van der Waals surface area contributed by atoms with Gasteiger partial charge in [-0.3, -0.25) is 9.10 Å². The van der Waals surface area contributed by atoms with Gasteiger partial charge in [-0.25, -0.2) is 17.8 Å². The van der Waals surface area contributed by atoms with Gasteiger partial charge in [0.25, 0.3) is 0 Å². The number of halogens is 1. The number of H-pyrrole nitrogens is 1. The molecule has 7 nitrogen and oxygen atoms in total. The second kappa shape index (κ2) is 10.0. The van der Waals surface area contributed by atoms with Crippen LogP contribution in [-0.2, 0) is 10.0 Å². The Kier molecular flexibility index (Phi) is 6.46. The van der Waals surface area contributed by atoms with E-state index in [1.54, 1.807) is 37.3 Å². The Balaban J connectivity index is 1.61. The summed E-state index contributed by atoms with van der Waals surface area (Å²) in [5.41, 5.74) is 5.08. The largest absolute Gasteiger partial charge is 0.455 e. The third-order valence-electron chi connectivity index (χ3n) is 7.18. The minimum Gasteiger partial charge on any atom is -0.455 e. The molecule has 0 fully saturated rings. The fourth-order valence-electron chi connectivity index (χ4n) is 4.98. The number of benzene rings is 3. The third-order valence-corrected chi connectivity index (χ3v) is 8.37. The number of pyridine rings is 1. The van der Waals surface area contributed by atoms with Crippen LogP contribution in [0, 0.1) is 5.82 Å². The molecule has 0 spiro atoms. The first kappa shape index (κ1) is 26.5. The third kappa shape index (κ3) is 4.78. The maximum Gasteiger partial charge on any atom is 0.232 e. The number of nitrogens with zero attached hydrogens (tertiary/aromatic N) is 2. The van der Waals surface area contributed by atoms with E-state index in [9.17, 15) is 17.6 Å². The summed E-state index contributed by atoms with van der Waals surface area (Å²) in [5, 5.41) is 1.57. The number of para-hydroxylation sites is 1. The van der Waals surface area contributed by atoms with E-state index in [1.165, 1.54) is 23.5 Å². The molecule has 0 aliphatic heterocycles. The van der Waals surface area contributed by atoms with Gasteiger partial charge in [0, 0.05) is 47.0 Å². The van der Waals surface area contributed by atoms with Crippen LogP contribution < -0.4 is 4.31 Å². The number of anilines is 1. The molecule has 0 unspecified atom stereocenters. The van der Waals surface area contributed by atoms with Crippen LogP contribution in [0.2, 0.25) is 0 Å². The lowest BCUT2D eigenvalue weighted by molar-refractivity contribution is 0.0989. The number of hydrogen-bond acceptors (Lipinski definition) is 5. The molecule has 0 amide bonds.